The van der Waals surface area contributed by atoms with E-state index >= 15 is 0 Å². The third-order valence-electron chi connectivity index (χ3n) is 5.31. The quantitative estimate of drug-likeness (QED) is 0.295. The molecule has 9 nitrogen and oxygen atoms in total. The lowest BCUT2D eigenvalue weighted by molar-refractivity contribution is -0.135. The number of methoxy groups -OCH3 is 1. The Morgan fingerprint density at radius 2 is 1.65 bits per heavy atom. The molecule has 2 aromatic carbocycles. The monoisotopic (exact) mass is 462 g/mol. The number of carbonyl (C=O) groups is 1. The van der Waals surface area contributed by atoms with E-state index in [1.54, 1.807) is 35.2 Å². The van der Waals surface area contributed by atoms with Crippen LogP contribution in [0, 0.1) is 5.92 Å². The van der Waals surface area contributed by atoms with Crippen molar-refractivity contribution in [2.45, 2.75) is 33.5 Å². The fourth-order valence-corrected chi connectivity index (χ4v) is 3.76. The number of fused-ring (bicyclic) bond motifs is 1. The van der Waals surface area contributed by atoms with Crippen LogP contribution in [0.1, 0.15) is 19.4 Å². The normalized spacial score (nSPS) is 11.2. The first kappa shape index (κ1) is 23.0. The van der Waals surface area contributed by atoms with Crippen LogP contribution in [-0.2, 0) is 24.4 Å². The summed E-state index contributed by atoms with van der Waals surface area (Å²) in [6.07, 6.45) is 1.56. The van der Waals surface area contributed by atoms with Crippen LogP contribution < -0.4 is 20.7 Å². The van der Waals surface area contributed by atoms with Crippen molar-refractivity contribution >= 4 is 17.1 Å². The Balaban J connectivity index is 1.75. The highest BCUT2D eigenvalue weighted by Crippen LogP contribution is 2.17. The zero-order valence-corrected chi connectivity index (χ0v) is 19.3. The van der Waals surface area contributed by atoms with Gasteiger partial charge >= 0.3 is 11.7 Å². The Morgan fingerprint density at radius 1 is 0.971 bits per heavy atom. The van der Waals surface area contributed by atoms with Crippen molar-refractivity contribution in [3.05, 3.63) is 87.3 Å². The van der Waals surface area contributed by atoms with E-state index in [-0.39, 0.29) is 23.7 Å². The Labute approximate surface area is 195 Å². The molecule has 0 spiro atoms. The zero-order chi connectivity index (χ0) is 24.2. The number of aromatic nitrogens is 4. The van der Waals surface area contributed by atoms with E-state index in [9.17, 15) is 14.4 Å². The molecule has 176 valence electrons. The van der Waals surface area contributed by atoms with Crippen LogP contribution in [0.3, 0.4) is 0 Å². The average Bonchev–Trinajstić information content (AvgIpc) is 3.23. The number of esters is 1. The molecule has 0 saturated heterocycles. The minimum absolute atomic E-state index is 0.211. The van der Waals surface area contributed by atoms with E-state index in [2.05, 4.69) is 4.98 Å². The predicted molar refractivity (Wildman–Crippen MR) is 127 cm³/mol. The molecule has 0 atom stereocenters. The van der Waals surface area contributed by atoms with Crippen molar-refractivity contribution in [3.8, 4) is 11.5 Å². The average molecular weight is 463 g/mol. The number of hydrogen-bond acceptors (Lipinski definition) is 6. The van der Waals surface area contributed by atoms with E-state index < -0.39 is 23.8 Å². The number of ether oxygens (including phenoxy) is 2. The van der Waals surface area contributed by atoms with Gasteiger partial charge in [0.1, 0.15) is 18.0 Å². The molecular weight excluding hydrogens is 436 g/mol. The predicted octanol–water partition coefficient (Wildman–Crippen LogP) is 2.68. The van der Waals surface area contributed by atoms with Crippen molar-refractivity contribution < 1.29 is 14.3 Å². The van der Waals surface area contributed by atoms with Gasteiger partial charge in [-0.3, -0.25) is 9.36 Å². The first-order valence-corrected chi connectivity index (χ1v) is 10.9. The van der Waals surface area contributed by atoms with Crippen LogP contribution in [0.5, 0.6) is 11.5 Å². The lowest BCUT2D eigenvalue weighted by atomic mass is 10.2. The maximum absolute atomic E-state index is 13.4. The molecule has 0 saturated carbocycles. The van der Waals surface area contributed by atoms with Gasteiger partial charge in [-0.25, -0.2) is 19.1 Å². The molecule has 0 aliphatic rings. The summed E-state index contributed by atoms with van der Waals surface area (Å²) in [4.78, 5) is 43.8. The van der Waals surface area contributed by atoms with Gasteiger partial charge in [-0.1, -0.05) is 44.2 Å². The number of benzene rings is 2. The molecule has 0 radical (unpaired) electrons. The van der Waals surface area contributed by atoms with Crippen LogP contribution in [0.25, 0.3) is 11.2 Å². The Bertz CT molecular complexity index is 1420. The van der Waals surface area contributed by atoms with E-state index in [0.717, 1.165) is 10.1 Å². The third-order valence-corrected chi connectivity index (χ3v) is 5.31. The number of imidazole rings is 1. The van der Waals surface area contributed by atoms with Crippen LogP contribution in [0.15, 0.2) is 70.5 Å². The second kappa shape index (κ2) is 9.78. The molecule has 4 aromatic rings. The van der Waals surface area contributed by atoms with Crippen molar-refractivity contribution in [3.63, 3.8) is 0 Å². The van der Waals surface area contributed by atoms with Crippen LogP contribution >= 0.6 is 0 Å². The van der Waals surface area contributed by atoms with Gasteiger partial charge in [-0.05, 0) is 35.7 Å². The van der Waals surface area contributed by atoms with Gasteiger partial charge in [-0.2, -0.15) is 0 Å². The summed E-state index contributed by atoms with van der Waals surface area (Å²) in [5.41, 5.74) is 0.244. The fraction of sp³-hybridized carbons (Fsp3) is 0.280. The molecule has 9 heteroatoms. The minimum atomic E-state index is -0.732. The summed E-state index contributed by atoms with van der Waals surface area (Å²) in [5.74, 6) is 0.419. The highest BCUT2D eigenvalue weighted by atomic mass is 16.5. The van der Waals surface area contributed by atoms with Crippen LogP contribution in [0.4, 0.5) is 0 Å². The van der Waals surface area contributed by atoms with E-state index in [0.29, 0.717) is 17.9 Å². The number of carbonyl (C=O) groups excluding carboxylic acids is 1. The summed E-state index contributed by atoms with van der Waals surface area (Å²) in [6, 6.07) is 15.9. The largest absolute Gasteiger partial charge is 0.497 e. The third kappa shape index (κ3) is 4.78. The zero-order valence-electron chi connectivity index (χ0n) is 19.3. The van der Waals surface area contributed by atoms with Gasteiger partial charge in [0.2, 0.25) is 0 Å². The Hall–Kier alpha value is -4.14. The topological polar surface area (TPSA) is 97.3 Å². The summed E-state index contributed by atoms with van der Waals surface area (Å²) < 4.78 is 14.5. The van der Waals surface area contributed by atoms with Gasteiger partial charge < -0.3 is 14.0 Å². The second-order valence-corrected chi connectivity index (χ2v) is 8.36. The summed E-state index contributed by atoms with van der Waals surface area (Å²) in [7, 11) is 1.54. The van der Waals surface area contributed by atoms with Gasteiger partial charge in [0.25, 0.3) is 5.56 Å². The standard InChI is InChI=1S/C25H26N4O5/c1-17(2)13-27-16-26-23-22(27)24(31)29(25(32)28(23)14-18-7-5-4-6-8-18)15-21(30)34-20-11-9-19(33-3)10-12-20/h4-12,16-17H,13-15H2,1-3H3. The fourth-order valence-electron chi connectivity index (χ4n) is 3.76. The van der Waals surface area contributed by atoms with Gasteiger partial charge in [0.05, 0.1) is 20.0 Å². The van der Waals surface area contributed by atoms with E-state index in [1.165, 1.54) is 11.7 Å². The highest BCUT2D eigenvalue weighted by molar-refractivity contribution is 5.74. The number of rotatable bonds is 8. The summed E-state index contributed by atoms with van der Waals surface area (Å²) in [6.45, 7) is 4.28. The molecule has 0 unspecified atom stereocenters. The van der Waals surface area contributed by atoms with Crippen molar-refractivity contribution in [2.24, 2.45) is 5.92 Å². The SMILES string of the molecule is COc1ccc(OC(=O)Cn2c(=O)c3c(ncn3CC(C)C)n(Cc3ccccc3)c2=O)cc1. The van der Waals surface area contributed by atoms with Crippen LogP contribution in [0.2, 0.25) is 0 Å². The molecule has 0 fully saturated rings. The molecule has 0 N–H and O–H groups in total. The lowest BCUT2D eigenvalue weighted by Crippen LogP contribution is -2.43. The molecule has 2 aromatic heterocycles. The van der Waals surface area contributed by atoms with Crippen molar-refractivity contribution in [2.75, 3.05) is 7.11 Å². The smallest absolute Gasteiger partial charge is 0.333 e. The van der Waals surface area contributed by atoms with Gasteiger partial charge in [0, 0.05) is 6.54 Å². The molecule has 0 aliphatic carbocycles. The molecule has 0 aliphatic heterocycles. The number of nitrogens with zero attached hydrogens (tertiary/aromatic N) is 4. The number of hydrogen-bond donors (Lipinski definition) is 0. The molecule has 4 rings (SSSR count). The summed E-state index contributed by atoms with van der Waals surface area (Å²) >= 11 is 0. The van der Waals surface area contributed by atoms with Crippen molar-refractivity contribution in [1.82, 2.24) is 18.7 Å². The lowest BCUT2D eigenvalue weighted by Gasteiger charge is -2.13. The molecule has 0 amide bonds. The Kier molecular flexibility index (Phi) is 6.62. The molecule has 2 heterocycles. The van der Waals surface area contributed by atoms with Crippen LogP contribution in [-0.4, -0.2) is 31.8 Å². The molecular formula is C25H26N4O5. The first-order chi connectivity index (χ1) is 16.4. The van der Waals surface area contributed by atoms with E-state index in [1.807, 2.05) is 44.2 Å². The molecule has 34 heavy (non-hydrogen) atoms. The van der Waals surface area contributed by atoms with E-state index in [4.69, 9.17) is 9.47 Å². The molecule has 0 bridgehead atoms. The maximum atomic E-state index is 13.4. The van der Waals surface area contributed by atoms with Crippen molar-refractivity contribution in [1.29, 1.82) is 0 Å². The summed E-state index contributed by atoms with van der Waals surface area (Å²) in [5, 5.41) is 0. The first-order valence-electron chi connectivity index (χ1n) is 10.9. The maximum Gasteiger partial charge on any atom is 0.333 e. The second-order valence-electron chi connectivity index (χ2n) is 8.36. The minimum Gasteiger partial charge on any atom is -0.497 e. The Morgan fingerprint density at radius 3 is 2.29 bits per heavy atom. The van der Waals surface area contributed by atoms with Gasteiger partial charge in [-0.15, -0.1) is 0 Å². The highest BCUT2D eigenvalue weighted by Gasteiger charge is 2.21. The van der Waals surface area contributed by atoms with Gasteiger partial charge in [0.15, 0.2) is 11.2 Å².